The highest BCUT2D eigenvalue weighted by atomic mass is 35.5. The van der Waals surface area contributed by atoms with E-state index in [1.165, 1.54) is 12.0 Å². The molecule has 0 bridgehead atoms. The first-order chi connectivity index (χ1) is 12.4. The van der Waals surface area contributed by atoms with Crippen LogP contribution in [0.4, 0.5) is 5.69 Å². The highest BCUT2D eigenvalue weighted by molar-refractivity contribution is 6.30. The summed E-state index contributed by atoms with van der Waals surface area (Å²) in [6, 6.07) is 12.4. The van der Waals surface area contributed by atoms with Crippen LogP contribution in [0.25, 0.3) is 0 Å². The zero-order valence-electron chi connectivity index (χ0n) is 15.0. The summed E-state index contributed by atoms with van der Waals surface area (Å²) in [5.41, 5.74) is 1.30. The molecule has 26 heavy (non-hydrogen) atoms. The Kier molecular flexibility index (Phi) is 4.92. The topological polar surface area (TPSA) is 58.6 Å². The van der Waals surface area contributed by atoms with Crippen molar-refractivity contribution in [3.63, 3.8) is 0 Å². The molecule has 1 N–H and O–H groups in total. The number of carbonyl (C=O) groups is 2. The van der Waals surface area contributed by atoms with Gasteiger partial charge in [-0.05, 0) is 48.7 Å². The SMILES string of the molecule is COc1ccc(C(=O)N(C)C)cc1NC(=O)C1(c2cccc(Cl)c2)CC1. The summed E-state index contributed by atoms with van der Waals surface area (Å²) >= 11 is 6.08. The van der Waals surface area contributed by atoms with Crippen molar-refractivity contribution in [1.29, 1.82) is 0 Å². The molecule has 0 aromatic heterocycles. The van der Waals surface area contributed by atoms with Gasteiger partial charge in [-0.2, -0.15) is 0 Å². The number of carbonyl (C=O) groups excluding carboxylic acids is 2. The van der Waals surface area contributed by atoms with Crippen molar-refractivity contribution in [2.75, 3.05) is 26.5 Å². The molecule has 1 aliphatic rings. The fourth-order valence-corrected chi connectivity index (χ4v) is 3.19. The molecule has 0 radical (unpaired) electrons. The lowest BCUT2D eigenvalue weighted by atomic mass is 9.95. The third-order valence-electron chi connectivity index (χ3n) is 4.66. The summed E-state index contributed by atoms with van der Waals surface area (Å²) in [5.74, 6) is 0.252. The molecule has 0 saturated heterocycles. The number of hydrogen-bond acceptors (Lipinski definition) is 3. The lowest BCUT2D eigenvalue weighted by molar-refractivity contribution is -0.118. The summed E-state index contributed by atoms with van der Waals surface area (Å²) < 4.78 is 5.34. The Morgan fingerprint density at radius 1 is 1.15 bits per heavy atom. The van der Waals surface area contributed by atoms with Crippen molar-refractivity contribution in [3.05, 3.63) is 58.6 Å². The molecule has 0 spiro atoms. The van der Waals surface area contributed by atoms with Crippen molar-refractivity contribution < 1.29 is 14.3 Å². The molecule has 1 aliphatic carbocycles. The van der Waals surface area contributed by atoms with E-state index in [1.807, 2.05) is 18.2 Å². The van der Waals surface area contributed by atoms with Crippen molar-refractivity contribution in [2.45, 2.75) is 18.3 Å². The van der Waals surface area contributed by atoms with Gasteiger partial charge in [-0.1, -0.05) is 23.7 Å². The van der Waals surface area contributed by atoms with E-state index in [1.54, 1.807) is 38.4 Å². The van der Waals surface area contributed by atoms with Crippen LogP contribution >= 0.6 is 11.6 Å². The predicted octanol–water partition coefficient (Wildman–Crippen LogP) is 3.72. The van der Waals surface area contributed by atoms with Crippen molar-refractivity contribution in [1.82, 2.24) is 4.90 Å². The Labute approximate surface area is 157 Å². The molecular formula is C20H21ClN2O3. The van der Waals surface area contributed by atoms with Crippen LogP contribution in [0.15, 0.2) is 42.5 Å². The second-order valence-corrected chi connectivity index (χ2v) is 7.10. The van der Waals surface area contributed by atoms with Crippen molar-refractivity contribution >= 4 is 29.1 Å². The van der Waals surface area contributed by atoms with Crippen LogP contribution in [0.5, 0.6) is 5.75 Å². The minimum atomic E-state index is -0.572. The Balaban J connectivity index is 1.89. The molecule has 0 unspecified atom stereocenters. The van der Waals surface area contributed by atoms with Gasteiger partial charge in [0.05, 0.1) is 18.2 Å². The first-order valence-corrected chi connectivity index (χ1v) is 8.72. The number of nitrogens with one attached hydrogen (secondary N) is 1. The van der Waals surface area contributed by atoms with E-state index in [2.05, 4.69) is 5.32 Å². The molecule has 0 atom stereocenters. The minimum Gasteiger partial charge on any atom is -0.495 e. The van der Waals surface area contributed by atoms with E-state index in [9.17, 15) is 9.59 Å². The monoisotopic (exact) mass is 372 g/mol. The summed E-state index contributed by atoms with van der Waals surface area (Å²) in [7, 11) is 4.90. The Hall–Kier alpha value is -2.53. The Morgan fingerprint density at radius 3 is 2.46 bits per heavy atom. The van der Waals surface area contributed by atoms with E-state index in [4.69, 9.17) is 16.3 Å². The minimum absolute atomic E-state index is 0.118. The average molecular weight is 373 g/mol. The number of rotatable bonds is 5. The maximum atomic E-state index is 13.0. The fourth-order valence-electron chi connectivity index (χ4n) is 3.00. The molecule has 0 heterocycles. The van der Waals surface area contributed by atoms with Crippen molar-refractivity contribution in [3.8, 4) is 5.75 Å². The number of hydrogen-bond donors (Lipinski definition) is 1. The zero-order valence-corrected chi connectivity index (χ0v) is 15.8. The molecule has 1 fully saturated rings. The summed E-state index contributed by atoms with van der Waals surface area (Å²) in [6.45, 7) is 0. The first-order valence-electron chi connectivity index (χ1n) is 8.34. The van der Waals surface area contributed by atoms with E-state index in [-0.39, 0.29) is 11.8 Å². The quantitative estimate of drug-likeness (QED) is 0.870. The predicted molar refractivity (Wildman–Crippen MR) is 102 cm³/mol. The van der Waals surface area contributed by atoms with Gasteiger partial charge in [0.2, 0.25) is 5.91 Å². The van der Waals surface area contributed by atoms with Crippen LogP contribution in [0, 0.1) is 0 Å². The van der Waals surface area contributed by atoms with Gasteiger partial charge < -0.3 is 15.0 Å². The third-order valence-corrected chi connectivity index (χ3v) is 4.90. The Bertz CT molecular complexity index is 860. The fraction of sp³-hybridized carbons (Fsp3) is 0.300. The molecule has 2 amide bonds. The first kappa shape index (κ1) is 18.3. The smallest absolute Gasteiger partial charge is 0.253 e. The van der Waals surface area contributed by atoms with Crippen LogP contribution in [0.3, 0.4) is 0 Å². The standard InChI is InChI=1S/C20H21ClN2O3/c1-23(2)18(24)13-7-8-17(26-3)16(11-13)22-19(25)20(9-10-20)14-5-4-6-15(21)12-14/h4-8,11-12H,9-10H2,1-3H3,(H,22,25). The molecule has 1 saturated carbocycles. The van der Waals surface area contributed by atoms with Gasteiger partial charge in [-0.25, -0.2) is 0 Å². The summed E-state index contributed by atoms with van der Waals surface area (Å²) in [4.78, 5) is 26.7. The molecule has 136 valence electrons. The summed E-state index contributed by atoms with van der Waals surface area (Å²) in [6.07, 6.45) is 1.52. The molecular weight excluding hydrogens is 352 g/mol. The molecule has 2 aromatic carbocycles. The molecule has 5 nitrogen and oxygen atoms in total. The number of nitrogens with zero attached hydrogens (tertiary/aromatic N) is 1. The number of amides is 2. The van der Waals surface area contributed by atoms with Gasteiger partial charge in [0.15, 0.2) is 0 Å². The van der Waals surface area contributed by atoms with Gasteiger partial charge in [-0.3, -0.25) is 9.59 Å². The van der Waals surface area contributed by atoms with Crippen LogP contribution in [-0.4, -0.2) is 37.9 Å². The van der Waals surface area contributed by atoms with Crippen LogP contribution < -0.4 is 10.1 Å². The highest BCUT2D eigenvalue weighted by Gasteiger charge is 2.51. The molecule has 0 aliphatic heterocycles. The van der Waals surface area contributed by atoms with Gasteiger partial charge >= 0.3 is 0 Å². The number of anilines is 1. The molecule has 2 aromatic rings. The van der Waals surface area contributed by atoms with Crippen LogP contribution in [0.2, 0.25) is 5.02 Å². The molecule has 6 heteroatoms. The maximum absolute atomic E-state index is 13.0. The Morgan fingerprint density at radius 2 is 1.88 bits per heavy atom. The molecule has 3 rings (SSSR count). The average Bonchev–Trinajstić information content (AvgIpc) is 3.43. The second-order valence-electron chi connectivity index (χ2n) is 6.66. The van der Waals surface area contributed by atoms with Gasteiger partial charge in [-0.15, -0.1) is 0 Å². The summed E-state index contributed by atoms with van der Waals surface area (Å²) in [5, 5.41) is 3.55. The van der Waals surface area contributed by atoms with E-state index < -0.39 is 5.41 Å². The van der Waals surface area contributed by atoms with Crippen LogP contribution in [-0.2, 0) is 10.2 Å². The lowest BCUT2D eigenvalue weighted by Gasteiger charge is -2.18. The van der Waals surface area contributed by atoms with E-state index in [0.717, 1.165) is 18.4 Å². The normalized spacial score (nSPS) is 14.5. The number of ether oxygens (including phenoxy) is 1. The number of halogens is 1. The van der Waals surface area contributed by atoms with E-state index in [0.29, 0.717) is 22.0 Å². The van der Waals surface area contributed by atoms with Gasteiger partial charge in [0, 0.05) is 24.7 Å². The number of benzene rings is 2. The highest BCUT2D eigenvalue weighted by Crippen LogP contribution is 2.49. The van der Waals surface area contributed by atoms with Gasteiger partial charge in [0.25, 0.3) is 5.91 Å². The van der Waals surface area contributed by atoms with E-state index >= 15 is 0 Å². The van der Waals surface area contributed by atoms with Crippen molar-refractivity contribution in [2.24, 2.45) is 0 Å². The van der Waals surface area contributed by atoms with Gasteiger partial charge in [0.1, 0.15) is 5.75 Å². The lowest BCUT2D eigenvalue weighted by Crippen LogP contribution is -2.28. The van der Waals surface area contributed by atoms with Crippen LogP contribution in [0.1, 0.15) is 28.8 Å². The zero-order chi connectivity index (χ0) is 18.9. The second kappa shape index (κ2) is 7.00. The third kappa shape index (κ3) is 3.40. The largest absolute Gasteiger partial charge is 0.495 e. The number of methoxy groups -OCH3 is 1. The maximum Gasteiger partial charge on any atom is 0.253 e.